The SMILES string of the molecule is CC[C@](C)(O)C(=O)O[C@H]1C(=O)OC2C[C@H]3C(C)=C[C@@H](O)[C@H](O)[C@]3(C)[C@H]3[C@@]4(O)OC[C@@]23[C@@H]1[C@H](C)[C@H]4O. The Bertz CT molecular complexity index is 977. The van der Waals surface area contributed by atoms with E-state index in [1.54, 1.807) is 26.8 Å². The number of esters is 2. The van der Waals surface area contributed by atoms with Crippen LogP contribution in [0.25, 0.3) is 0 Å². The van der Waals surface area contributed by atoms with Crippen LogP contribution in [0.5, 0.6) is 0 Å². The fourth-order valence-electron chi connectivity index (χ4n) is 8.28. The molecular formula is C25H36O10. The molecule has 4 fully saturated rings. The Morgan fingerprint density at radius 1 is 1.29 bits per heavy atom. The first-order valence-electron chi connectivity index (χ1n) is 12.4. The molecule has 10 nitrogen and oxygen atoms in total. The summed E-state index contributed by atoms with van der Waals surface area (Å²) in [7, 11) is 0. The lowest BCUT2D eigenvalue weighted by Crippen LogP contribution is -2.78. The van der Waals surface area contributed by atoms with E-state index in [9.17, 15) is 35.1 Å². The minimum absolute atomic E-state index is 0.0607. The summed E-state index contributed by atoms with van der Waals surface area (Å²) in [6, 6.07) is 0. The number of rotatable bonds is 3. The van der Waals surface area contributed by atoms with E-state index in [-0.39, 0.29) is 18.9 Å². The molecule has 2 bridgehead atoms. The summed E-state index contributed by atoms with van der Waals surface area (Å²) >= 11 is 0. The Labute approximate surface area is 203 Å². The molecule has 35 heavy (non-hydrogen) atoms. The maximum Gasteiger partial charge on any atom is 0.348 e. The third kappa shape index (κ3) is 2.86. The number of carbonyl (C=O) groups excluding carboxylic acids is 2. The predicted octanol–water partition coefficient (Wildman–Crippen LogP) is -0.359. The smallest absolute Gasteiger partial charge is 0.348 e. The zero-order valence-electron chi connectivity index (χ0n) is 20.7. The minimum Gasteiger partial charge on any atom is -0.459 e. The molecule has 1 unspecified atom stereocenters. The van der Waals surface area contributed by atoms with Crippen LogP contribution < -0.4 is 0 Å². The monoisotopic (exact) mass is 496 g/mol. The van der Waals surface area contributed by atoms with Crippen molar-refractivity contribution in [1.29, 1.82) is 0 Å². The lowest BCUT2D eigenvalue weighted by atomic mass is 9.38. The standard InChI is InChI=1S/C25H36O10/c1-6-22(4,31)21(30)35-16-15-11(3)17(27)25(32)20-23(5)12(10(2)7-13(26)18(23)28)8-14(34-19(16)29)24(15,20)9-33-25/h7,11-18,20,26-28,31-32H,6,8-9H2,1-5H3/t11-,12-,13+,14?,15+,16+,17+,18-,20+,22-,23+,24-,25-/m0/s1. The highest BCUT2D eigenvalue weighted by molar-refractivity contribution is 5.84. The van der Waals surface area contributed by atoms with Gasteiger partial charge in [0.15, 0.2) is 11.4 Å². The van der Waals surface area contributed by atoms with Gasteiger partial charge in [-0.15, -0.1) is 0 Å². The fourth-order valence-corrected chi connectivity index (χ4v) is 8.28. The molecule has 1 spiro atoms. The molecule has 2 saturated heterocycles. The lowest BCUT2D eigenvalue weighted by Gasteiger charge is -2.68. The van der Waals surface area contributed by atoms with Gasteiger partial charge in [-0.2, -0.15) is 0 Å². The van der Waals surface area contributed by atoms with Crippen molar-refractivity contribution in [3.8, 4) is 0 Å². The number of allylic oxidation sites excluding steroid dienone is 1. The first-order valence-corrected chi connectivity index (χ1v) is 12.4. The number of fused-ring (bicyclic) bond motifs is 1. The number of ether oxygens (including phenoxy) is 3. The van der Waals surface area contributed by atoms with Crippen molar-refractivity contribution in [1.82, 2.24) is 0 Å². The van der Waals surface area contributed by atoms with Crippen LogP contribution >= 0.6 is 0 Å². The van der Waals surface area contributed by atoms with Gasteiger partial charge in [0.25, 0.3) is 0 Å². The fraction of sp³-hybridized carbons (Fsp3) is 0.840. The van der Waals surface area contributed by atoms with Gasteiger partial charge in [-0.1, -0.05) is 32.4 Å². The van der Waals surface area contributed by atoms with Crippen LogP contribution in [-0.4, -0.2) is 86.0 Å². The average molecular weight is 497 g/mol. The van der Waals surface area contributed by atoms with Crippen molar-refractivity contribution in [2.24, 2.45) is 34.5 Å². The van der Waals surface area contributed by atoms with Crippen molar-refractivity contribution in [2.45, 2.75) is 89.4 Å². The first kappa shape index (κ1) is 25.1. The largest absolute Gasteiger partial charge is 0.459 e. The van der Waals surface area contributed by atoms with E-state index in [1.807, 2.05) is 6.92 Å². The van der Waals surface area contributed by atoms with Crippen molar-refractivity contribution < 1.29 is 49.3 Å². The zero-order chi connectivity index (χ0) is 25.9. The molecule has 2 saturated carbocycles. The number of aliphatic hydroxyl groups is 5. The van der Waals surface area contributed by atoms with Gasteiger partial charge in [0.1, 0.15) is 12.2 Å². The Balaban J connectivity index is 1.68. The molecule has 0 aromatic rings. The van der Waals surface area contributed by atoms with Gasteiger partial charge in [-0.05, 0) is 38.5 Å². The lowest BCUT2D eigenvalue weighted by molar-refractivity contribution is -0.345. The highest BCUT2D eigenvalue weighted by atomic mass is 16.7. The van der Waals surface area contributed by atoms with Crippen LogP contribution in [-0.2, 0) is 23.8 Å². The van der Waals surface area contributed by atoms with Crippen LogP contribution in [0.2, 0.25) is 0 Å². The number of hydrogen-bond donors (Lipinski definition) is 5. The zero-order valence-corrected chi connectivity index (χ0v) is 20.7. The third-order valence-corrected chi connectivity index (χ3v) is 10.2. The van der Waals surface area contributed by atoms with Crippen LogP contribution in [0.15, 0.2) is 11.6 Å². The van der Waals surface area contributed by atoms with Crippen molar-refractivity contribution in [3.63, 3.8) is 0 Å². The van der Waals surface area contributed by atoms with Crippen molar-refractivity contribution in [2.75, 3.05) is 6.61 Å². The second kappa shape index (κ2) is 7.49. The highest BCUT2D eigenvalue weighted by Gasteiger charge is 2.83. The summed E-state index contributed by atoms with van der Waals surface area (Å²) in [5.74, 6) is -6.72. The van der Waals surface area contributed by atoms with Gasteiger partial charge in [0.2, 0.25) is 6.10 Å². The number of aliphatic hydroxyl groups excluding tert-OH is 3. The first-order chi connectivity index (χ1) is 16.2. The predicted molar refractivity (Wildman–Crippen MR) is 118 cm³/mol. The topological polar surface area (TPSA) is 163 Å². The Morgan fingerprint density at radius 2 is 1.94 bits per heavy atom. The number of hydrogen-bond acceptors (Lipinski definition) is 10. The van der Waals surface area contributed by atoms with E-state index in [4.69, 9.17) is 14.2 Å². The van der Waals surface area contributed by atoms with E-state index < -0.39 is 82.4 Å². The Kier molecular flexibility index (Phi) is 5.37. The van der Waals surface area contributed by atoms with Crippen molar-refractivity contribution in [3.05, 3.63) is 11.6 Å². The molecule has 0 radical (unpaired) electrons. The molecule has 196 valence electrons. The Morgan fingerprint density at radius 3 is 2.57 bits per heavy atom. The third-order valence-electron chi connectivity index (χ3n) is 10.2. The summed E-state index contributed by atoms with van der Waals surface area (Å²) in [6.45, 7) is 8.06. The van der Waals surface area contributed by atoms with E-state index in [0.29, 0.717) is 6.42 Å². The van der Waals surface area contributed by atoms with Gasteiger partial charge < -0.3 is 39.7 Å². The molecule has 2 heterocycles. The molecule has 5 N–H and O–H groups in total. The second-order valence-corrected chi connectivity index (χ2v) is 11.8. The summed E-state index contributed by atoms with van der Waals surface area (Å²) in [5, 5.41) is 55.6. The van der Waals surface area contributed by atoms with Gasteiger partial charge in [-0.25, -0.2) is 9.59 Å². The molecular weight excluding hydrogens is 460 g/mol. The normalized spacial score (nSPS) is 54.1. The molecule has 5 rings (SSSR count). The van der Waals surface area contributed by atoms with Crippen LogP contribution in [0.1, 0.15) is 47.5 Å². The maximum atomic E-state index is 13.3. The van der Waals surface area contributed by atoms with E-state index >= 15 is 0 Å². The van der Waals surface area contributed by atoms with Crippen LogP contribution in [0.3, 0.4) is 0 Å². The summed E-state index contributed by atoms with van der Waals surface area (Å²) in [5.41, 5.74) is -3.29. The molecule has 0 aromatic carbocycles. The van der Waals surface area contributed by atoms with E-state index in [0.717, 1.165) is 5.57 Å². The second-order valence-electron chi connectivity index (χ2n) is 11.8. The van der Waals surface area contributed by atoms with Crippen LogP contribution in [0, 0.1) is 34.5 Å². The average Bonchev–Trinajstić information content (AvgIpc) is 3.08. The van der Waals surface area contributed by atoms with E-state index in [1.165, 1.54) is 6.92 Å². The molecule has 10 heteroatoms. The van der Waals surface area contributed by atoms with E-state index in [2.05, 4.69) is 0 Å². The molecule has 2 aliphatic heterocycles. The summed E-state index contributed by atoms with van der Waals surface area (Å²) < 4.78 is 17.4. The molecule has 5 aliphatic rings. The van der Waals surface area contributed by atoms with Crippen molar-refractivity contribution >= 4 is 11.9 Å². The van der Waals surface area contributed by atoms with Gasteiger partial charge in [0.05, 0.1) is 18.8 Å². The summed E-state index contributed by atoms with van der Waals surface area (Å²) in [4.78, 5) is 26.1. The molecule has 13 atom stereocenters. The van der Waals surface area contributed by atoms with Gasteiger partial charge >= 0.3 is 11.9 Å². The summed E-state index contributed by atoms with van der Waals surface area (Å²) in [6.07, 6.45) is -4.18. The molecule has 0 aromatic heterocycles. The highest BCUT2D eigenvalue weighted by Crippen LogP contribution is 2.74. The molecule has 3 aliphatic carbocycles. The van der Waals surface area contributed by atoms with Gasteiger partial charge in [-0.3, -0.25) is 0 Å². The number of carbonyl (C=O) groups is 2. The Hall–Kier alpha value is -1.56. The maximum absolute atomic E-state index is 13.3. The quantitative estimate of drug-likeness (QED) is 0.258. The molecule has 0 amide bonds. The minimum atomic E-state index is -2.08. The van der Waals surface area contributed by atoms with Gasteiger partial charge in [0, 0.05) is 22.7 Å². The van der Waals surface area contributed by atoms with Crippen LogP contribution in [0.4, 0.5) is 0 Å².